The summed E-state index contributed by atoms with van der Waals surface area (Å²) < 4.78 is 5.10. The average molecular weight is 234 g/mol. The maximum Gasteiger partial charge on any atom is 0.229 e. The van der Waals surface area contributed by atoms with E-state index < -0.39 is 0 Å². The molecule has 0 spiro atoms. The first-order valence-electron chi connectivity index (χ1n) is 5.69. The number of carbonyl (C=O) groups is 1. The average Bonchev–Trinajstić information content (AvgIpc) is 2.49. The number of anilines is 1. The molecule has 1 aliphatic rings. The van der Waals surface area contributed by atoms with Crippen molar-refractivity contribution >= 4 is 11.6 Å². The SMILES string of the molecule is COc1ccc(N2C(=O)CC(N)C2(C)C)cc1. The predicted octanol–water partition coefficient (Wildman–Crippen LogP) is 1.54. The van der Waals surface area contributed by atoms with Gasteiger partial charge in [0.1, 0.15) is 5.75 Å². The number of amides is 1. The van der Waals surface area contributed by atoms with Gasteiger partial charge in [-0.1, -0.05) is 0 Å². The first kappa shape index (κ1) is 11.9. The summed E-state index contributed by atoms with van der Waals surface area (Å²) in [6.45, 7) is 3.99. The van der Waals surface area contributed by atoms with Crippen LogP contribution in [0.2, 0.25) is 0 Å². The molecule has 2 N–H and O–H groups in total. The van der Waals surface area contributed by atoms with E-state index in [1.807, 2.05) is 38.1 Å². The number of benzene rings is 1. The van der Waals surface area contributed by atoms with Gasteiger partial charge in [-0.25, -0.2) is 0 Å². The third kappa shape index (κ3) is 1.89. The lowest BCUT2D eigenvalue weighted by atomic mass is 9.96. The lowest BCUT2D eigenvalue weighted by Gasteiger charge is -2.34. The van der Waals surface area contributed by atoms with E-state index in [0.717, 1.165) is 11.4 Å². The number of nitrogens with two attached hydrogens (primary N) is 1. The van der Waals surface area contributed by atoms with Crippen molar-refractivity contribution in [1.82, 2.24) is 0 Å². The number of hydrogen-bond donors (Lipinski definition) is 1. The molecule has 1 saturated heterocycles. The lowest BCUT2D eigenvalue weighted by molar-refractivity contribution is -0.117. The van der Waals surface area contributed by atoms with E-state index in [1.165, 1.54) is 0 Å². The van der Waals surface area contributed by atoms with E-state index in [0.29, 0.717) is 6.42 Å². The lowest BCUT2D eigenvalue weighted by Crippen LogP contribution is -2.49. The molecule has 1 aromatic rings. The molecule has 0 aromatic heterocycles. The highest BCUT2D eigenvalue weighted by atomic mass is 16.5. The normalized spacial score (nSPS) is 22.9. The first-order chi connectivity index (χ1) is 7.96. The minimum absolute atomic E-state index is 0.0765. The standard InChI is InChI=1S/C13H18N2O2/c1-13(2)11(14)8-12(16)15(13)9-4-6-10(17-3)7-5-9/h4-7,11H,8,14H2,1-3H3. The van der Waals surface area contributed by atoms with Crippen molar-refractivity contribution < 1.29 is 9.53 Å². The number of rotatable bonds is 2. The number of carbonyl (C=O) groups excluding carboxylic acids is 1. The van der Waals surface area contributed by atoms with Crippen molar-refractivity contribution in [2.75, 3.05) is 12.0 Å². The van der Waals surface area contributed by atoms with Crippen LogP contribution in [0.3, 0.4) is 0 Å². The maximum absolute atomic E-state index is 12.0. The van der Waals surface area contributed by atoms with Gasteiger partial charge in [0.25, 0.3) is 0 Å². The second-order valence-corrected chi connectivity index (χ2v) is 4.89. The van der Waals surface area contributed by atoms with Crippen molar-refractivity contribution in [2.24, 2.45) is 5.73 Å². The molecule has 4 nitrogen and oxygen atoms in total. The van der Waals surface area contributed by atoms with Gasteiger partial charge in [-0.05, 0) is 38.1 Å². The summed E-state index contributed by atoms with van der Waals surface area (Å²) in [5.74, 6) is 0.857. The Morgan fingerprint density at radius 3 is 2.35 bits per heavy atom. The second kappa shape index (κ2) is 4.04. The fourth-order valence-electron chi connectivity index (χ4n) is 2.22. The molecule has 0 radical (unpaired) electrons. The van der Waals surface area contributed by atoms with Crippen LogP contribution >= 0.6 is 0 Å². The molecule has 0 aliphatic carbocycles. The molecule has 4 heteroatoms. The van der Waals surface area contributed by atoms with E-state index in [1.54, 1.807) is 12.0 Å². The molecule has 1 atom stereocenters. The Hall–Kier alpha value is -1.55. The second-order valence-electron chi connectivity index (χ2n) is 4.89. The van der Waals surface area contributed by atoms with Crippen LogP contribution in [0.15, 0.2) is 24.3 Å². The molecule has 1 unspecified atom stereocenters. The fraction of sp³-hybridized carbons (Fsp3) is 0.462. The van der Waals surface area contributed by atoms with Gasteiger partial charge >= 0.3 is 0 Å². The molecule has 2 rings (SSSR count). The van der Waals surface area contributed by atoms with Gasteiger partial charge in [0.05, 0.1) is 12.6 Å². The van der Waals surface area contributed by atoms with Crippen LogP contribution in [0, 0.1) is 0 Å². The molecule has 1 aliphatic heterocycles. The minimum Gasteiger partial charge on any atom is -0.497 e. The zero-order valence-corrected chi connectivity index (χ0v) is 10.4. The van der Waals surface area contributed by atoms with E-state index >= 15 is 0 Å². The van der Waals surface area contributed by atoms with E-state index in [-0.39, 0.29) is 17.5 Å². The Kier molecular flexibility index (Phi) is 2.83. The highest BCUT2D eigenvalue weighted by molar-refractivity contribution is 5.98. The summed E-state index contributed by atoms with van der Waals surface area (Å²) in [5.41, 5.74) is 6.53. The van der Waals surface area contributed by atoms with Crippen molar-refractivity contribution in [3.05, 3.63) is 24.3 Å². The fourth-order valence-corrected chi connectivity index (χ4v) is 2.22. The number of hydrogen-bond acceptors (Lipinski definition) is 3. The maximum atomic E-state index is 12.0. The highest BCUT2D eigenvalue weighted by Gasteiger charge is 2.44. The quantitative estimate of drug-likeness (QED) is 0.844. The number of nitrogens with zero attached hydrogens (tertiary/aromatic N) is 1. The number of ether oxygens (including phenoxy) is 1. The molecule has 0 bridgehead atoms. The highest BCUT2D eigenvalue weighted by Crippen LogP contribution is 2.34. The summed E-state index contributed by atoms with van der Waals surface area (Å²) in [7, 11) is 1.62. The van der Waals surface area contributed by atoms with Crippen LogP contribution < -0.4 is 15.4 Å². The van der Waals surface area contributed by atoms with Gasteiger partial charge in [0.2, 0.25) is 5.91 Å². The van der Waals surface area contributed by atoms with E-state index in [4.69, 9.17) is 10.5 Å². The van der Waals surface area contributed by atoms with Crippen LogP contribution in [0.4, 0.5) is 5.69 Å². The summed E-state index contributed by atoms with van der Waals surface area (Å²) in [5, 5.41) is 0. The molecule has 1 fully saturated rings. The zero-order valence-electron chi connectivity index (χ0n) is 10.4. The Bertz CT molecular complexity index is 426. The molecular weight excluding hydrogens is 216 g/mol. The van der Waals surface area contributed by atoms with Gasteiger partial charge in [-0.3, -0.25) is 4.79 Å². The van der Waals surface area contributed by atoms with Crippen molar-refractivity contribution in [3.63, 3.8) is 0 Å². The Labute approximate surface area is 101 Å². The van der Waals surface area contributed by atoms with Crippen molar-refractivity contribution in [1.29, 1.82) is 0 Å². The Balaban J connectivity index is 2.35. The van der Waals surface area contributed by atoms with Crippen LogP contribution in [0.25, 0.3) is 0 Å². The molecule has 92 valence electrons. The van der Waals surface area contributed by atoms with Crippen LogP contribution in [-0.2, 0) is 4.79 Å². The zero-order chi connectivity index (χ0) is 12.6. The largest absolute Gasteiger partial charge is 0.497 e. The predicted molar refractivity (Wildman–Crippen MR) is 67.2 cm³/mol. The van der Waals surface area contributed by atoms with Crippen LogP contribution in [0.5, 0.6) is 5.75 Å². The summed E-state index contributed by atoms with van der Waals surface area (Å²) in [6.07, 6.45) is 0.402. The van der Waals surface area contributed by atoms with Gasteiger partial charge in [-0.2, -0.15) is 0 Å². The van der Waals surface area contributed by atoms with Crippen LogP contribution in [-0.4, -0.2) is 24.6 Å². The summed E-state index contributed by atoms with van der Waals surface area (Å²) in [4.78, 5) is 13.7. The minimum atomic E-state index is -0.342. The van der Waals surface area contributed by atoms with Crippen molar-refractivity contribution in [3.8, 4) is 5.75 Å². The summed E-state index contributed by atoms with van der Waals surface area (Å²) >= 11 is 0. The van der Waals surface area contributed by atoms with E-state index in [9.17, 15) is 4.79 Å². The number of methoxy groups -OCH3 is 1. The third-order valence-corrected chi connectivity index (χ3v) is 3.46. The smallest absolute Gasteiger partial charge is 0.229 e. The summed E-state index contributed by atoms with van der Waals surface area (Å²) in [6, 6.07) is 7.34. The topological polar surface area (TPSA) is 55.6 Å². The molecule has 1 amide bonds. The van der Waals surface area contributed by atoms with Gasteiger partial charge in [0, 0.05) is 18.2 Å². The third-order valence-electron chi connectivity index (χ3n) is 3.46. The van der Waals surface area contributed by atoms with Gasteiger partial charge < -0.3 is 15.4 Å². The first-order valence-corrected chi connectivity index (χ1v) is 5.69. The van der Waals surface area contributed by atoms with Gasteiger partial charge in [0.15, 0.2) is 0 Å². The Morgan fingerprint density at radius 1 is 1.35 bits per heavy atom. The molecule has 1 heterocycles. The molecule has 0 saturated carbocycles. The molecule has 1 aromatic carbocycles. The monoisotopic (exact) mass is 234 g/mol. The molecule has 17 heavy (non-hydrogen) atoms. The van der Waals surface area contributed by atoms with Gasteiger partial charge in [-0.15, -0.1) is 0 Å². The van der Waals surface area contributed by atoms with Crippen molar-refractivity contribution in [2.45, 2.75) is 31.8 Å². The van der Waals surface area contributed by atoms with E-state index in [2.05, 4.69) is 0 Å². The van der Waals surface area contributed by atoms with Crippen LogP contribution in [0.1, 0.15) is 20.3 Å². The Morgan fingerprint density at radius 2 is 1.94 bits per heavy atom. The molecular formula is C13H18N2O2.